The van der Waals surface area contributed by atoms with Gasteiger partial charge in [0.2, 0.25) is 0 Å². The molecule has 0 spiro atoms. The van der Waals surface area contributed by atoms with E-state index in [1.807, 2.05) is 36.4 Å². The van der Waals surface area contributed by atoms with Crippen LogP contribution in [0.1, 0.15) is 17.3 Å². The number of hydrogen-bond acceptors (Lipinski definition) is 2. The summed E-state index contributed by atoms with van der Waals surface area (Å²) in [5, 5.41) is 12.5. The third-order valence-corrected chi connectivity index (χ3v) is 3.49. The fourth-order valence-electron chi connectivity index (χ4n) is 2.42. The molecule has 0 bridgehead atoms. The van der Waals surface area contributed by atoms with E-state index in [1.165, 1.54) is 24.3 Å². The van der Waals surface area contributed by atoms with Gasteiger partial charge < -0.3 is 0 Å². The highest BCUT2D eigenvalue weighted by molar-refractivity contribution is 5.86. The van der Waals surface area contributed by atoms with Crippen molar-refractivity contribution in [3.05, 3.63) is 88.0 Å². The number of rotatable bonds is 3. The van der Waals surface area contributed by atoms with Gasteiger partial charge in [0.15, 0.2) is 6.17 Å². The maximum Gasteiger partial charge on any atom is 0.269 e. The molecule has 0 radical (unpaired) electrons. The molecule has 104 valence electrons. The minimum absolute atomic E-state index is 0.0381. The number of non-ortho nitro benzene ring substituents is 1. The average Bonchev–Trinajstić information content (AvgIpc) is 2.53. The summed E-state index contributed by atoms with van der Waals surface area (Å²) in [6.45, 7) is 0. The Balaban J connectivity index is 2.04. The number of benzene rings is 3. The van der Waals surface area contributed by atoms with E-state index in [2.05, 4.69) is 0 Å². The molecule has 0 saturated heterocycles. The zero-order valence-corrected chi connectivity index (χ0v) is 11.1. The lowest BCUT2D eigenvalue weighted by Gasteiger charge is -2.12. The van der Waals surface area contributed by atoms with Gasteiger partial charge in [0.05, 0.1) is 4.92 Å². The van der Waals surface area contributed by atoms with Gasteiger partial charge in [-0.25, -0.2) is 4.39 Å². The van der Waals surface area contributed by atoms with E-state index in [-0.39, 0.29) is 5.69 Å². The zero-order chi connectivity index (χ0) is 14.8. The standard InChI is InChI=1S/C17H12FNO2/c18-17(13-8-10-14(11-9-13)19(20)21)16-7-3-5-12-4-1-2-6-15(12)16/h1-11,17H. The normalized spacial score (nSPS) is 12.2. The van der Waals surface area contributed by atoms with E-state index >= 15 is 0 Å². The van der Waals surface area contributed by atoms with Gasteiger partial charge in [0.25, 0.3) is 5.69 Å². The van der Waals surface area contributed by atoms with Crippen molar-refractivity contribution in [1.82, 2.24) is 0 Å². The number of nitro groups is 1. The Morgan fingerprint density at radius 1 is 0.905 bits per heavy atom. The van der Waals surface area contributed by atoms with Crippen molar-refractivity contribution >= 4 is 16.5 Å². The minimum Gasteiger partial charge on any atom is -0.258 e. The van der Waals surface area contributed by atoms with E-state index in [4.69, 9.17) is 0 Å². The van der Waals surface area contributed by atoms with Gasteiger partial charge in [-0.2, -0.15) is 0 Å². The van der Waals surface area contributed by atoms with Crippen molar-refractivity contribution in [1.29, 1.82) is 0 Å². The summed E-state index contributed by atoms with van der Waals surface area (Å²) < 4.78 is 14.8. The summed E-state index contributed by atoms with van der Waals surface area (Å²) in [4.78, 5) is 10.1. The monoisotopic (exact) mass is 281 g/mol. The fourth-order valence-corrected chi connectivity index (χ4v) is 2.42. The largest absolute Gasteiger partial charge is 0.269 e. The van der Waals surface area contributed by atoms with Gasteiger partial charge in [0.1, 0.15) is 0 Å². The van der Waals surface area contributed by atoms with Crippen molar-refractivity contribution in [2.75, 3.05) is 0 Å². The van der Waals surface area contributed by atoms with Crippen molar-refractivity contribution in [3.8, 4) is 0 Å². The molecule has 0 N–H and O–H groups in total. The Kier molecular flexibility index (Phi) is 3.36. The second-order valence-corrected chi connectivity index (χ2v) is 4.78. The van der Waals surface area contributed by atoms with Gasteiger partial charge in [-0.05, 0) is 34.0 Å². The maximum atomic E-state index is 14.8. The molecule has 3 aromatic carbocycles. The van der Waals surface area contributed by atoms with Gasteiger partial charge in [-0.1, -0.05) is 42.5 Å². The molecule has 0 aromatic heterocycles. The topological polar surface area (TPSA) is 43.1 Å². The highest BCUT2D eigenvalue weighted by Gasteiger charge is 2.16. The van der Waals surface area contributed by atoms with Crippen molar-refractivity contribution in [2.24, 2.45) is 0 Å². The van der Waals surface area contributed by atoms with Crippen LogP contribution in [0, 0.1) is 10.1 Å². The molecule has 0 aliphatic heterocycles. The lowest BCUT2D eigenvalue weighted by atomic mass is 9.97. The Labute approximate surface area is 120 Å². The number of fused-ring (bicyclic) bond motifs is 1. The highest BCUT2D eigenvalue weighted by atomic mass is 19.1. The summed E-state index contributed by atoms with van der Waals surface area (Å²) in [6.07, 6.45) is -1.31. The number of hydrogen-bond donors (Lipinski definition) is 0. The van der Waals surface area contributed by atoms with E-state index in [9.17, 15) is 14.5 Å². The molecule has 21 heavy (non-hydrogen) atoms. The van der Waals surface area contributed by atoms with Gasteiger partial charge in [-0.15, -0.1) is 0 Å². The molecule has 0 saturated carbocycles. The van der Waals surface area contributed by atoms with E-state index < -0.39 is 11.1 Å². The smallest absolute Gasteiger partial charge is 0.258 e. The molecule has 0 aliphatic carbocycles. The molecule has 0 fully saturated rings. The number of nitro benzene ring substituents is 1. The van der Waals surface area contributed by atoms with Crippen LogP contribution < -0.4 is 0 Å². The van der Waals surface area contributed by atoms with Gasteiger partial charge >= 0.3 is 0 Å². The van der Waals surface area contributed by atoms with Gasteiger partial charge in [0, 0.05) is 12.1 Å². The molecule has 0 aliphatic rings. The second kappa shape index (κ2) is 5.32. The molecule has 3 nitrogen and oxygen atoms in total. The van der Waals surface area contributed by atoms with Crippen molar-refractivity contribution < 1.29 is 9.31 Å². The predicted molar refractivity (Wildman–Crippen MR) is 80.0 cm³/mol. The molecule has 1 unspecified atom stereocenters. The van der Waals surface area contributed by atoms with Crippen LogP contribution in [0.5, 0.6) is 0 Å². The minimum atomic E-state index is -1.31. The summed E-state index contributed by atoms with van der Waals surface area (Å²) >= 11 is 0. The Morgan fingerprint density at radius 2 is 1.57 bits per heavy atom. The van der Waals surface area contributed by atoms with Crippen LogP contribution in [0.2, 0.25) is 0 Å². The molecule has 3 aromatic rings. The lowest BCUT2D eigenvalue weighted by molar-refractivity contribution is -0.384. The number of halogens is 1. The van der Waals surface area contributed by atoms with Crippen LogP contribution >= 0.6 is 0 Å². The maximum absolute atomic E-state index is 14.8. The molecular weight excluding hydrogens is 269 g/mol. The van der Waals surface area contributed by atoms with E-state index in [1.54, 1.807) is 6.07 Å². The van der Waals surface area contributed by atoms with Crippen LogP contribution in [0.25, 0.3) is 10.8 Å². The van der Waals surface area contributed by atoms with E-state index in [0.717, 1.165) is 10.8 Å². The first-order valence-corrected chi connectivity index (χ1v) is 6.53. The predicted octanol–water partition coefficient (Wildman–Crippen LogP) is 4.81. The number of nitrogens with zero attached hydrogens (tertiary/aromatic N) is 1. The molecule has 1 atom stereocenters. The van der Waals surface area contributed by atoms with Crippen molar-refractivity contribution in [3.63, 3.8) is 0 Å². The first-order valence-electron chi connectivity index (χ1n) is 6.53. The summed E-state index contributed by atoms with van der Waals surface area (Å²) in [7, 11) is 0. The zero-order valence-electron chi connectivity index (χ0n) is 11.1. The Bertz CT molecular complexity index is 794. The van der Waals surface area contributed by atoms with Crippen LogP contribution in [-0.2, 0) is 0 Å². The van der Waals surface area contributed by atoms with Crippen LogP contribution in [0.15, 0.2) is 66.7 Å². The first-order chi connectivity index (χ1) is 10.2. The molecular formula is C17H12FNO2. The van der Waals surface area contributed by atoms with Gasteiger partial charge in [-0.3, -0.25) is 10.1 Å². The summed E-state index contributed by atoms with van der Waals surface area (Å²) in [6, 6.07) is 18.7. The van der Waals surface area contributed by atoms with Crippen LogP contribution in [-0.4, -0.2) is 4.92 Å². The third-order valence-electron chi connectivity index (χ3n) is 3.49. The SMILES string of the molecule is O=[N+]([O-])c1ccc(C(F)c2cccc3ccccc23)cc1. The molecule has 4 heteroatoms. The van der Waals surface area contributed by atoms with Crippen LogP contribution in [0.3, 0.4) is 0 Å². The fraction of sp³-hybridized carbons (Fsp3) is 0.0588. The highest BCUT2D eigenvalue weighted by Crippen LogP contribution is 2.32. The lowest BCUT2D eigenvalue weighted by Crippen LogP contribution is -1.96. The summed E-state index contributed by atoms with van der Waals surface area (Å²) in [5.41, 5.74) is 0.947. The second-order valence-electron chi connectivity index (χ2n) is 4.78. The van der Waals surface area contributed by atoms with Crippen LogP contribution in [0.4, 0.5) is 10.1 Å². The third kappa shape index (κ3) is 2.48. The van der Waals surface area contributed by atoms with E-state index in [0.29, 0.717) is 11.1 Å². The quantitative estimate of drug-likeness (QED) is 0.511. The average molecular weight is 281 g/mol. The molecule has 0 heterocycles. The Morgan fingerprint density at radius 3 is 2.29 bits per heavy atom. The molecule has 0 amide bonds. The molecule has 3 rings (SSSR count). The van der Waals surface area contributed by atoms with Crippen molar-refractivity contribution in [2.45, 2.75) is 6.17 Å². The Hall–Kier alpha value is -2.75. The summed E-state index contributed by atoms with van der Waals surface area (Å²) in [5.74, 6) is 0. The first kappa shape index (κ1) is 13.2. The number of alkyl halides is 1.